The number of hydrogen-bond donors (Lipinski definition) is 0. The fraction of sp³-hybridized carbons (Fsp3) is 1.00. The molecule has 1 heterocycles. The Bertz CT molecular complexity index is 95.1. The standard InChI is InChI=1S/C7H13NO/c1-2-4-7(5-3-1)8-6-9-8/h7H,1-6H2. The van der Waals surface area contributed by atoms with Crippen LogP contribution in [0.4, 0.5) is 0 Å². The van der Waals surface area contributed by atoms with Crippen molar-refractivity contribution >= 4 is 0 Å². The molecule has 0 aromatic heterocycles. The molecular formula is C7H13NO. The molecule has 0 aromatic rings. The highest BCUT2D eigenvalue weighted by Crippen LogP contribution is 2.26. The van der Waals surface area contributed by atoms with Gasteiger partial charge in [0, 0.05) is 6.04 Å². The van der Waals surface area contributed by atoms with Gasteiger partial charge in [0.1, 0.15) is 6.73 Å². The summed E-state index contributed by atoms with van der Waals surface area (Å²) in [5.74, 6) is 0. The zero-order valence-corrected chi connectivity index (χ0v) is 5.68. The van der Waals surface area contributed by atoms with Crippen molar-refractivity contribution in [1.82, 2.24) is 5.06 Å². The average Bonchev–Trinajstić information content (AvgIpc) is 2.71. The topological polar surface area (TPSA) is 15.5 Å². The molecule has 1 saturated heterocycles. The Morgan fingerprint density at radius 2 is 1.78 bits per heavy atom. The van der Waals surface area contributed by atoms with E-state index in [1.165, 1.54) is 32.1 Å². The number of nitrogens with zero attached hydrogens (tertiary/aromatic N) is 1. The van der Waals surface area contributed by atoms with E-state index in [9.17, 15) is 0 Å². The monoisotopic (exact) mass is 127 g/mol. The van der Waals surface area contributed by atoms with Gasteiger partial charge in [0.2, 0.25) is 0 Å². The second-order valence-corrected chi connectivity index (χ2v) is 2.97. The van der Waals surface area contributed by atoms with Gasteiger partial charge in [0.05, 0.1) is 0 Å². The Kier molecular flexibility index (Phi) is 1.44. The Labute approximate surface area is 55.7 Å². The Hall–Kier alpha value is -0.0800. The van der Waals surface area contributed by atoms with Crippen molar-refractivity contribution in [3.05, 3.63) is 0 Å². The van der Waals surface area contributed by atoms with Gasteiger partial charge in [-0.2, -0.15) is 5.06 Å². The summed E-state index contributed by atoms with van der Waals surface area (Å²) in [6.45, 7) is 0.894. The van der Waals surface area contributed by atoms with Crippen LogP contribution in [0.5, 0.6) is 0 Å². The fourth-order valence-corrected chi connectivity index (χ4v) is 1.61. The quantitative estimate of drug-likeness (QED) is 0.496. The van der Waals surface area contributed by atoms with Crippen molar-refractivity contribution in [2.75, 3.05) is 6.73 Å². The maximum absolute atomic E-state index is 5.08. The normalized spacial score (nSPS) is 36.7. The van der Waals surface area contributed by atoms with E-state index in [0.29, 0.717) is 0 Å². The SMILES string of the molecule is C1CCC(N2CO2)CC1. The van der Waals surface area contributed by atoms with Gasteiger partial charge in [-0.15, -0.1) is 0 Å². The van der Waals surface area contributed by atoms with Crippen molar-refractivity contribution in [2.45, 2.75) is 38.1 Å². The van der Waals surface area contributed by atoms with Gasteiger partial charge in [-0.25, -0.2) is 0 Å². The molecule has 0 amide bonds. The van der Waals surface area contributed by atoms with Gasteiger partial charge in [0.15, 0.2) is 0 Å². The average molecular weight is 127 g/mol. The van der Waals surface area contributed by atoms with Crippen LogP contribution in [-0.4, -0.2) is 17.8 Å². The molecule has 2 fully saturated rings. The van der Waals surface area contributed by atoms with Crippen molar-refractivity contribution in [1.29, 1.82) is 0 Å². The van der Waals surface area contributed by atoms with E-state index < -0.39 is 0 Å². The van der Waals surface area contributed by atoms with Crippen LogP contribution in [0.3, 0.4) is 0 Å². The molecule has 0 radical (unpaired) electrons. The molecule has 2 heteroatoms. The lowest BCUT2D eigenvalue weighted by atomic mass is 9.96. The second-order valence-electron chi connectivity index (χ2n) is 2.97. The Morgan fingerprint density at radius 3 is 2.33 bits per heavy atom. The van der Waals surface area contributed by atoms with E-state index in [0.717, 1.165) is 12.8 Å². The van der Waals surface area contributed by atoms with Gasteiger partial charge >= 0.3 is 0 Å². The number of rotatable bonds is 1. The fourth-order valence-electron chi connectivity index (χ4n) is 1.61. The highest BCUT2D eigenvalue weighted by molar-refractivity contribution is 4.72. The Morgan fingerprint density at radius 1 is 1.11 bits per heavy atom. The van der Waals surface area contributed by atoms with Gasteiger partial charge < -0.3 is 0 Å². The minimum atomic E-state index is 0.777. The first kappa shape index (κ1) is 5.69. The van der Waals surface area contributed by atoms with Crippen LogP contribution in [-0.2, 0) is 4.84 Å². The van der Waals surface area contributed by atoms with E-state index in [4.69, 9.17) is 4.84 Å². The maximum atomic E-state index is 5.08. The van der Waals surface area contributed by atoms with Crippen molar-refractivity contribution in [3.8, 4) is 0 Å². The molecule has 1 aliphatic carbocycles. The van der Waals surface area contributed by atoms with Crippen LogP contribution in [0.1, 0.15) is 32.1 Å². The van der Waals surface area contributed by atoms with Crippen LogP contribution in [0.2, 0.25) is 0 Å². The van der Waals surface area contributed by atoms with Gasteiger partial charge in [-0.1, -0.05) is 19.3 Å². The predicted octanol–water partition coefficient (Wildman–Crippen LogP) is 1.52. The molecule has 1 atom stereocenters. The zero-order valence-electron chi connectivity index (χ0n) is 5.68. The summed E-state index contributed by atoms with van der Waals surface area (Å²) in [4.78, 5) is 5.08. The molecule has 0 aromatic carbocycles. The maximum Gasteiger partial charge on any atom is 0.144 e. The molecule has 0 spiro atoms. The molecule has 9 heavy (non-hydrogen) atoms. The second kappa shape index (κ2) is 2.27. The smallest absolute Gasteiger partial charge is 0.144 e. The molecule has 1 saturated carbocycles. The first-order valence-electron chi connectivity index (χ1n) is 3.86. The molecule has 1 aliphatic heterocycles. The highest BCUT2D eigenvalue weighted by atomic mass is 16.8. The lowest BCUT2D eigenvalue weighted by molar-refractivity contribution is 0.119. The number of hydroxylamine groups is 2. The summed E-state index contributed by atoms with van der Waals surface area (Å²) >= 11 is 0. The predicted molar refractivity (Wildman–Crippen MR) is 34.7 cm³/mol. The van der Waals surface area contributed by atoms with E-state index in [-0.39, 0.29) is 0 Å². The van der Waals surface area contributed by atoms with E-state index >= 15 is 0 Å². The van der Waals surface area contributed by atoms with E-state index in [1.54, 1.807) is 0 Å². The van der Waals surface area contributed by atoms with Crippen LogP contribution >= 0.6 is 0 Å². The summed E-state index contributed by atoms with van der Waals surface area (Å²) in [7, 11) is 0. The summed E-state index contributed by atoms with van der Waals surface area (Å²) in [6.07, 6.45) is 6.97. The summed E-state index contributed by atoms with van der Waals surface area (Å²) < 4.78 is 0. The first-order valence-corrected chi connectivity index (χ1v) is 3.86. The molecular weight excluding hydrogens is 114 g/mol. The minimum absolute atomic E-state index is 0.777. The van der Waals surface area contributed by atoms with E-state index in [2.05, 4.69) is 5.06 Å². The number of hydrogen-bond acceptors (Lipinski definition) is 2. The highest BCUT2D eigenvalue weighted by Gasteiger charge is 2.29. The van der Waals surface area contributed by atoms with Crippen molar-refractivity contribution in [3.63, 3.8) is 0 Å². The molecule has 2 nitrogen and oxygen atoms in total. The lowest BCUT2D eigenvalue weighted by Gasteiger charge is -2.19. The Balaban J connectivity index is 1.80. The van der Waals surface area contributed by atoms with Crippen LogP contribution < -0.4 is 0 Å². The van der Waals surface area contributed by atoms with Crippen molar-refractivity contribution < 1.29 is 4.84 Å². The molecule has 0 N–H and O–H groups in total. The summed E-state index contributed by atoms with van der Waals surface area (Å²) in [6, 6.07) is 0.777. The van der Waals surface area contributed by atoms with Crippen LogP contribution in [0, 0.1) is 0 Å². The third-order valence-electron chi connectivity index (χ3n) is 2.26. The third-order valence-corrected chi connectivity index (χ3v) is 2.26. The largest absolute Gasteiger partial charge is 0.278 e. The molecule has 1 unspecified atom stereocenters. The van der Waals surface area contributed by atoms with Crippen molar-refractivity contribution in [2.24, 2.45) is 0 Å². The van der Waals surface area contributed by atoms with Crippen LogP contribution in [0.25, 0.3) is 0 Å². The molecule has 0 bridgehead atoms. The van der Waals surface area contributed by atoms with Gasteiger partial charge in [0.25, 0.3) is 0 Å². The third kappa shape index (κ3) is 1.25. The summed E-state index contributed by atoms with van der Waals surface area (Å²) in [5, 5.41) is 2.11. The molecule has 2 rings (SSSR count). The molecule has 52 valence electrons. The molecule has 2 aliphatic rings. The minimum Gasteiger partial charge on any atom is -0.278 e. The van der Waals surface area contributed by atoms with Gasteiger partial charge in [-0.05, 0) is 12.8 Å². The van der Waals surface area contributed by atoms with E-state index in [1.807, 2.05) is 0 Å². The van der Waals surface area contributed by atoms with Gasteiger partial charge in [-0.3, -0.25) is 4.84 Å². The lowest BCUT2D eigenvalue weighted by Crippen LogP contribution is -2.20. The first-order chi connectivity index (χ1) is 4.47. The summed E-state index contributed by atoms with van der Waals surface area (Å²) in [5.41, 5.74) is 0. The van der Waals surface area contributed by atoms with Crippen LogP contribution in [0.15, 0.2) is 0 Å². The zero-order chi connectivity index (χ0) is 6.10.